The predicted octanol–water partition coefficient (Wildman–Crippen LogP) is 4.17. The van der Waals surface area contributed by atoms with Crippen LogP contribution < -0.4 is 4.90 Å². The number of benzene rings is 2. The summed E-state index contributed by atoms with van der Waals surface area (Å²) in [6.07, 6.45) is -5.60. The van der Waals surface area contributed by atoms with Gasteiger partial charge in [-0.2, -0.15) is 18.4 Å². The Morgan fingerprint density at radius 2 is 1.85 bits per heavy atom. The Labute approximate surface area is 145 Å². The summed E-state index contributed by atoms with van der Waals surface area (Å²) in [4.78, 5) is 1.39. The highest BCUT2D eigenvalue weighted by Gasteiger charge is 2.37. The molecule has 1 fully saturated rings. The van der Waals surface area contributed by atoms with Gasteiger partial charge in [0.25, 0.3) is 0 Å². The summed E-state index contributed by atoms with van der Waals surface area (Å²) in [6.45, 7) is -0.0379. The number of halogens is 5. The number of β-amino-alcohol motifs (C(OH)–C–C–N with tert-alkyl or cyclic N) is 1. The van der Waals surface area contributed by atoms with Crippen LogP contribution in [0.4, 0.5) is 27.6 Å². The Bertz CT molecular complexity index is 875. The molecule has 136 valence electrons. The van der Waals surface area contributed by atoms with Crippen LogP contribution in [-0.2, 0) is 6.18 Å². The zero-order valence-electron chi connectivity index (χ0n) is 13.3. The van der Waals surface area contributed by atoms with Crippen molar-refractivity contribution in [2.75, 3.05) is 11.4 Å². The van der Waals surface area contributed by atoms with Crippen molar-refractivity contribution in [3.8, 4) is 6.07 Å². The maximum atomic E-state index is 14.1. The third kappa shape index (κ3) is 3.35. The van der Waals surface area contributed by atoms with Gasteiger partial charge in [-0.3, -0.25) is 0 Å². The van der Waals surface area contributed by atoms with Crippen molar-refractivity contribution in [2.24, 2.45) is 0 Å². The summed E-state index contributed by atoms with van der Waals surface area (Å²) in [5.74, 6) is -1.39. The van der Waals surface area contributed by atoms with Gasteiger partial charge in [-0.05, 0) is 42.8 Å². The molecule has 26 heavy (non-hydrogen) atoms. The van der Waals surface area contributed by atoms with Gasteiger partial charge in [0.2, 0.25) is 0 Å². The fraction of sp³-hybridized carbons (Fsp3) is 0.278. The third-order valence-corrected chi connectivity index (χ3v) is 4.36. The maximum Gasteiger partial charge on any atom is 0.417 e. The van der Waals surface area contributed by atoms with Crippen LogP contribution in [0.3, 0.4) is 0 Å². The van der Waals surface area contributed by atoms with Crippen molar-refractivity contribution < 1.29 is 27.1 Å². The molecule has 1 saturated heterocycles. The zero-order valence-corrected chi connectivity index (χ0v) is 13.3. The first-order valence-electron chi connectivity index (χ1n) is 7.71. The number of nitriles is 1. The van der Waals surface area contributed by atoms with E-state index in [0.29, 0.717) is 0 Å². The smallest absolute Gasteiger partial charge is 0.391 e. The van der Waals surface area contributed by atoms with Gasteiger partial charge in [-0.1, -0.05) is 0 Å². The molecule has 2 aromatic carbocycles. The molecule has 1 heterocycles. The Morgan fingerprint density at radius 1 is 1.12 bits per heavy atom. The minimum absolute atomic E-state index is 0.0379. The molecule has 0 amide bonds. The van der Waals surface area contributed by atoms with Crippen molar-refractivity contribution in [3.05, 3.63) is 64.7 Å². The van der Waals surface area contributed by atoms with Gasteiger partial charge < -0.3 is 10.0 Å². The second kappa shape index (κ2) is 6.57. The fourth-order valence-corrected chi connectivity index (χ4v) is 3.21. The van der Waals surface area contributed by atoms with E-state index in [2.05, 4.69) is 0 Å². The summed E-state index contributed by atoms with van der Waals surface area (Å²) < 4.78 is 67.2. The number of anilines is 1. The molecule has 3 nitrogen and oxygen atoms in total. The number of hydrogen-bond acceptors (Lipinski definition) is 3. The molecule has 0 unspecified atom stereocenters. The second-order valence-electron chi connectivity index (χ2n) is 6.06. The van der Waals surface area contributed by atoms with Crippen molar-refractivity contribution >= 4 is 5.69 Å². The Morgan fingerprint density at radius 3 is 2.50 bits per heavy atom. The number of rotatable bonds is 2. The highest BCUT2D eigenvalue weighted by molar-refractivity contribution is 5.57. The van der Waals surface area contributed by atoms with E-state index < -0.39 is 41.1 Å². The Kier molecular flexibility index (Phi) is 4.59. The van der Waals surface area contributed by atoms with Crippen molar-refractivity contribution in [3.63, 3.8) is 0 Å². The molecular weight excluding hydrogens is 355 g/mol. The predicted molar refractivity (Wildman–Crippen MR) is 83.2 cm³/mol. The Hall–Kier alpha value is -2.66. The van der Waals surface area contributed by atoms with E-state index >= 15 is 0 Å². The van der Waals surface area contributed by atoms with Gasteiger partial charge in [0.05, 0.1) is 29.3 Å². The van der Waals surface area contributed by atoms with Gasteiger partial charge in [0, 0.05) is 17.8 Å². The average Bonchev–Trinajstić information content (AvgIpc) is 2.97. The van der Waals surface area contributed by atoms with Crippen LogP contribution >= 0.6 is 0 Å². The molecule has 1 N–H and O–H groups in total. The average molecular weight is 368 g/mol. The van der Waals surface area contributed by atoms with E-state index in [1.54, 1.807) is 0 Å². The summed E-state index contributed by atoms with van der Waals surface area (Å²) >= 11 is 0. The summed E-state index contributed by atoms with van der Waals surface area (Å²) in [5, 5.41) is 18.8. The van der Waals surface area contributed by atoms with Gasteiger partial charge in [0.1, 0.15) is 11.6 Å². The number of aliphatic hydroxyl groups is 1. The van der Waals surface area contributed by atoms with E-state index in [4.69, 9.17) is 5.26 Å². The lowest BCUT2D eigenvalue weighted by Gasteiger charge is -2.28. The van der Waals surface area contributed by atoms with Crippen molar-refractivity contribution in [1.29, 1.82) is 5.26 Å². The first kappa shape index (κ1) is 18.1. The van der Waals surface area contributed by atoms with Crippen LogP contribution in [0.5, 0.6) is 0 Å². The SMILES string of the molecule is N#Cc1ccc(N2C[C@@H](O)C[C@H]2c2cc(F)ccc2F)cc1C(F)(F)F. The highest BCUT2D eigenvalue weighted by Crippen LogP contribution is 2.40. The van der Waals surface area contributed by atoms with E-state index in [9.17, 15) is 27.1 Å². The molecule has 2 atom stereocenters. The number of alkyl halides is 3. The molecule has 1 aliphatic rings. The van der Waals surface area contributed by atoms with Gasteiger partial charge in [0.15, 0.2) is 0 Å². The van der Waals surface area contributed by atoms with Gasteiger partial charge in [-0.15, -0.1) is 0 Å². The zero-order chi connectivity index (χ0) is 19.1. The molecule has 0 radical (unpaired) electrons. The summed E-state index contributed by atoms with van der Waals surface area (Å²) in [5.41, 5.74) is -1.62. The molecule has 0 aromatic heterocycles. The second-order valence-corrected chi connectivity index (χ2v) is 6.06. The van der Waals surface area contributed by atoms with Crippen LogP contribution in [-0.4, -0.2) is 17.8 Å². The monoisotopic (exact) mass is 368 g/mol. The van der Waals surface area contributed by atoms with E-state index in [1.807, 2.05) is 0 Å². The van der Waals surface area contributed by atoms with Crippen LogP contribution in [0, 0.1) is 23.0 Å². The van der Waals surface area contributed by atoms with Crippen LogP contribution in [0.2, 0.25) is 0 Å². The highest BCUT2D eigenvalue weighted by atomic mass is 19.4. The Balaban J connectivity index is 2.07. The van der Waals surface area contributed by atoms with Crippen molar-refractivity contribution in [1.82, 2.24) is 0 Å². The number of aliphatic hydroxyl groups excluding tert-OH is 1. The molecular formula is C18H13F5N2O. The third-order valence-electron chi connectivity index (χ3n) is 4.36. The summed E-state index contributed by atoms with van der Waals surface area (Å²) in [7, 11) is 0. The molecule has 0 spiro atoms. The molecule has 2 aromatic rings. The first-order valence-corrected chi connectivity index (χ1v) is 7.71. The normalized spacial score (nSPS) is 20.3. The van der Waals surface area contributed by atoms with E-state index in [0.717, 1.165) is 30.3 Å². The van der Waals surface area contributed by atoms with Crippen LogP contribution in [0.1, 0.15) is 29.2 Å². The van der Waals surface area contributed by atoms with Crippen LogP contribution in [0.25, 0.3) is 0 Å². The molecule has 8 heteroatoms. The van der Waals surface area contributed by atoms with Crippen molar-refractivity contribution in [2.45, 2.75) is 24.7 Å². The standard InChI is InChI=1S/C18H13F5N2O/c19-11-2-4-16(20)14(5-11)17-7-13(26)9-25(17)12-3-1-10(8-24)15(6-12)18(21,22)23/h1-6,13,17,26H,7,9H2/t13-,17-/m0/s1. The minimum Gasteiger partial charge on any atom is -0.391 e. The molecule has 0 saturated carbocycles. The molecule has 3 rings (SSSR count). The maximum absolute atomic E-state index is 14.1. The lowest BCUT2D eigenvalue weighted by Crippen LogP contribution is -2.25. The topological polar surface area (TPSA) is 47.3 Å². The summed E-state index contributed by atoms with van der Waals surface area (Å²) in [6, 6.07) is 6.64. The largest absolute Gasteiger partial charge is 0.417 e. The minimum atomic E-state index is -4.74. The quantitative estimate of drug-likeness (QED) is 0.810. The van der Waals surface area contributed by atoms with E-state index in [1.165, 1.54) is 17.0 Å². The first-order chi connectivity index (χ1) is 12.2. The molecule has 0 aliphatic carbocycles. The molecule has 1 aliphatic heterocycles. The van der Waals surface area contributed by atoms with Gasteiger partial charge in [-0.25, -0.2) is 8.78 Å². The van der Waals surface area contributed by atoms with E-state index in [-0.39, 0.29) is 24.2 Å². The lowest BCUT2D eigenvalue weighted by molar-refractivity contribution is -0.137. The van der Waals surface area contributed by atoms with Crippen LogP contribution in [0.15, 0.2) is 36.4 Å². The number of hydrogen-bond donors (Lipinski definition) is 1. The van der Waals surface area contributed by atoms with Gasteiger partial charge >= 0.3 is 6.18 Å². The molecule has 0 bridgehead atoms. The number of nitrogens with zero attached hydrogens (tertiary/aromatic N) is 2. The lowest BCUT2D eigenvalue weighted by atomic mass is 10.0. The fourth-order valence-electron chi connectivity index (χ4n) is 3.21.